The molecular weight excluding hydrogens is 206 g/mol. The van der Waals surface area contributed by atoms with E-state index in [2.05, 4.69) is 19.6 Å². The number of anilines is 1. The van der Waals surface area contributed by atoms with Crippen molar-refractivity contribution in [3.63, 3.8) is 0 Å². The summed E-state index contributed by atoms with van der Waals surface area (Å²) < 4.78 is 5.76. The van der Waals surface area contributed by atoms with Crippen LogP contribution in [0.1, 0.15) is 5.56 Å². The topological polar surface area (TPSA) is 29.5 Å². The lowest BCUT2D eigenvalue weighted by atomic mass is 10.2. The molecule has 3 nitrogen and oxygen atoms in total. The number of para-hydroxylation sites is 1. The molecule has 80 valence electrons. The smallest absolute Gasteiger partial charge is 0.254 e. The summed E-state index contributed by atoms with van der Waals surface area (Å²) in [5.41, 5.74) is 1.96. The first kappa shape index (κ1) is 10.4. The minimum absolute atomic E-state index is 0.0404. The molecule has 15 heavy (non-hydrogen) atoms. The second-order valence-electron chi connectivity index (χ2n) is 4.70. The van der Waals surface area contributed by atoms with Crippen LogP contribution < -0.4 is 5.06 Å². The predicted octanol–water partition coefficient (Wildman–Crippen LogP) is 2.34. The molecule has 1 aromatic rings. The Morgan fingerprint density at radius 1 is 1.27 bits per heavy atom. The van der Waals surface area contributed by atoms with Gasteiger partial charge in [-0.1, -0.05) is 18.2 Å². The number of benzene rings is 1. The summed E-state index contributed by atoms with van der Waals surface area (Å²) in [4.78, 5) is 11.7. The minimum Gasteiger partial charge on any atom is -0.313 e. The van der Waals surface area contributed by atoms with Crippen molar-refractivity contribution in [1.29, 1.82) is 0 Å². The fraction of sp³-hybridized carbons (Fsp3) is 0.364. The van der Waals surface area contributed by atoms with Crippen LogP contribution in [0.25, 0.3) is 0 Å². The lowest BCUT2D eigenvalue weighted by Gasteiger charge is -2.25. The molecule has 1 amide bonds. The highest BCUT2D eigenvalue weighted by Crippen LogP contribution is 2.29. The number of carbonyl (C=O) groups is 1. The molecule has 0 N–H and O–H groups in total. The molecular formula is C11H15NO2Si. The third-order valence-corrected chi connectivity index (χ3v) is 2.87. The number of fused-ring (bicyclic) bond motifs is 1. The van der Waals surface area contributed by atoms with E-state index in [1.807, 2.05) is 24.3 Å². The maximum atomic E-state index is 11.7. The minimum atomic E-state index is -1.73. The van der Waals surface area contributed by atoms with Gasteiger partial charge >= 0.3 is 0 Å². The second-order valence-corrected chi connectivity index (χ2v) is 9.10. The van der Waals surface area contributed by atoms with Gasteiger partial charge in [0.15, 0.2) is 0 Å². The Labute approximate surface area is 90.7 Å². The molecule has 0 spiro atoms. The molecule has 4 heteroatoms. The van der Waals surface area contributed by atoms with Crippen molar-refractivity contribution >= 4 is 19.9 Å². The zero-order chi connectivity index (χ0) is 11.1. The van der Waals surface area contributed by atoms with Crippen LogP contribution in [-0.2, 0) is 15.7 Å². The predicted molar refractivity (Wildman–Crippen MR) is 62.1 cm³/mol. The lowest BCUT2D eigenvalue weighted by Crippen LogP contribution is -2.39. The van der Waals surface area contributed by atoms with E-state index in [4.69, 9.17) is 4.53 Å². The molecule has 1 heterocycles. The van der Waals surface area contributed by atoms with Crippen molar-refractivity contribution in [1.82, 2.24) is 0 Å². The van der Waals surface area contributed by atoms with E-state index >= 15 is 0 Å². The van der Waals surface area contributed by atoms with Crippen LogP contribution in [0.15, 0.2) is 24.3 Å². The maximum absolute atomic E-state index is 11.7. The molecule has 0 fully saturated rings. The van der Waals surface area contributed by atoms with Crippen LogP contribution in [0.2, 0.25) is 19.6 Å². The van der Waals surface area contributed by atoms with Gasteiger partial charge in [-0.25, -0.2) is 0 Å². The number of hydroxylamine groups is 1. The standard InChI is InChI=1S/C11H15NO2Si/c1-15(2,3)14-12-10-7-5-4-6-9(10)8-11(12)13/h4-7H,8H2,1-3H3. The molecule has 0 atom stereocenters. The average Bonchev–Trinajstić information content (AvgIpc) is 2.41. The number of hydrogen-bond donors (Lipinski definition) is 0. The molecule has 0 aliphatic carbocycles. The summed E-state index contributed by atoms with van der Waals surface area (Å²) >= 11 is 0. The first-order valence-electron chi connectivity index (χ1n) is 5.07. The van der Waals surface area contributed by atoms with Crippen molar-refractivity contribution in [2.75, 3.05) is 5.06 Å². The molecule has 0 saturated carbocycles. The molecule has 1 aliphatic rings. The number of hydrogen-bond acceptors (Lipinski definition) is 2. The summed E-state index contributed by atoms with van der Waals surface area (Å²) in [5, 5.41) is 1.47. The van der Waals surface area contributed by atoms with Crippen molar-refractivity contribution in [2.45, 2.75) is 26.1 Å². The fourth-order valence-electron chi connectivity index (χ4n) is 1.60. The van der Waals surface area contributed by atoms with Crippen molar-refractivity contribution in [3.8, 4) is 0 Å². The van der Waals surface area contributed by atoms with Crippen LogP contribution >= 0.6 is 0 Å². The quantitative estimate of drug-likeness (QED) is 0.717. The van der Waals surface area contributed by atoms with E-state index in [0.717, 1.165) is 11.3 Å². The molecule has 0 bridgehead atoms. The van der Waals surface area contributed by atoms with Gasteiger partial charge in [-0.15, -0.1) is 0 Å². The Kier molecular flexibility index (Phi) is 2.40. The summed E-state index contributed by atoms with van der Waals surface area (Å²) in [6.07, 6.45) is 0.459. The van der Waals surface area contributed by atoms with Gasteiger partial charge in [0.1, 0.15) is 0 Å². The summed E-state index contributed by atoms with van der Waals surface area (Å²) in [7, 11) is -1.73. The fourth-order valence-corrected chi connectivity index (χ4v) is 2.35. The zero-order valence-electron chi connectivity index (χ0n) is 9.28. The molecule has 1 aliphatic heterocycles. The third kappa shape index (κ3) is 2.10. The molecule has 2 rings (SSSR count). The van der Waals surface area contributed by atoms with E-state index in [1.54, 1.807) is 0 Å². The van der Waals surface area contributed by atoms with Crippen molar-refractivity contribution in [2.24, 2.45) is 0 Å². The van der Waals surface area contributed by atoms with Gasteiger partial charge in [-0.05, 0) is 31.3 Å². The Morgan fingerprint density at radius 2 is 1.93 bits per heavy atom. The monoisotopic (exact) mass is 221 g/mol. The lowest BCUT2D eigenvalue weighted by molar-refractivity contribution is -0.121. The molecule has 1 aromatic carbocycles. The van der Waals surface area contributed by atoms with Gasteiger partial charge in [-0.3, -0.25) is 4.79 Å². The van der Waals surface area contributed by atoms with Crippen molar-refractivity contribution < 1.29 is 9.32 Å². The van der Waals surface area contributed by atoms with E-state index < -0.39 is 8.32 Å². The Balaban J connectivity index is 2.30. The molecule has 0 unspecified atom stereocenters. The van der Waals surface area contributed by atoms with Gasteiger partial charge in [0.2, 0.25) is 8.32 Å². The first-order valence-corrected chi connectivity index (χ1v) is 8.48. The highest BCUT2D eigenvalue weighted by atomic mass is 28.4. The highest BCUT2D eigenvalue weighted by molar-refractivity contribution is 6.70. The van der Waals surface area contributed by atoms with Gasteiger partial charge in [-0.2, -0.15) is 5.06 Å². The average molecular weight is 221 g/mol. The first-order chi connectivity index (χ1) is 6.97. The van der Waals surface area contributed by atoms with Crippen LogP contribution in [-0.4, -0.2) is 14.2 Å². The number of rotatable bonds is 2. The van der Waals surface area contributed by atoms with E-state index in [-0.39, 0.29) is 5.91 Å². The summed E-state index contributed by atoms with van der Waals surface area (Å²) in [6.45, 7) is 6.21. The van der Waals surface area contributed by atoms with E-state index in [0.29, 0.717) is 6.42 Å². The summed E-state index contributed by atoms with van der Waals surface area (Å²) in [5.74, 6) is 0.0404. The molecule has 0 aromatic heterocycles. The van der Waals surface area contributed by atoms with Crippen molar-refractivity contribution in [3.05, 3.63) is 29.8 Å². The number of nitrogens with zero attached hydrogens (tertiary/aromatic N) is 1. The second kappa shape index (κ2) is 3.47. The zero-order valence-corrected chi connectivity index (χ0v) is 10.3. The molecule has 0 radical (unpaired) electrons. The van der Waals surface area contributed by atoms with Gasteiger partial charge in [0.25, 0.3) is 5.91 Å². The third-order valence-electron chi connectivity index (χ3n) is 2.14. The maximum Gasteiger partial charge on any atom is 0.254 e. The van der Waals surface area contributed by atoms with Crippen LogP contribution in [0, 0.1) is 0 Å². The Hall–Kier alpha value is -1.13. The Morgan fingerprint density at radius 3 is 2.60 bits per heavy atom. The highest BCUT2D eigenvalue weighted by Gasteiger charge is 2.31. The largest absolute Gasteiger partial charge is 0.313 e. The Bertz CT molecular complexity index is 398. The van der Waals surface area contributed by atoms with Crippen LogP contribution in [0.4, 0.5) is 5.69 Å². The van der Waals surface area contributed by atoms with Crippen LogP contribution in [0.3, 0.4) is 0 Å². The molecule has 0 saturated heterocycles. The number of carbonyl (C=O) groups excluding carboxylic acids is 1. The number of amides is 1. The van der Waals surface area contributed by atoms with Crippen LogP contribution in [0.5, 0.6) is 0 Å². The SMILES string of the molecule is C[Si](C)(C)ON1C(=O)Cc2ccccc21. The summed E-state index contributed by atoms with van der Waals surface area (Å²) in [6, 6.07) is 7.78. The van der Waals surface area contributed by atoms with Gasteiger partial charge < -0.3 is 4.53 Å². The van der Waals surface area contributed by atoms with Gasteiger partial charge in [0.05, 0.1) is 12.1 Å². The van der Waals surface area contributed by atoms with Gasteiger partial charge in [0, 0.05) is 0 Å². The van der Waals surface area contributed by atoms with E-state index in [1.165, 1.54) is 5.06 Å². The van der Waals surface area contributed by atoms with E-state index in [9.17, 15) is 4.79 Å². The normalized spacial score (nSPS) is 15.7.